The van der Waals surface area contributed by atoms with Crippen LogP contribution in [-0.2, 0) is 9.53 Å². The third-order valence-electron chi connectivity index (χ3n) is 3.90. The fraction of sp³-hybridized carbons (Fsp3) is 0.562. The van der Waals surface area contributed by atoms with E-state index in [-0.39, 0.29) is 24.9 Å². The summed E-state index contributed by atoms with van der Waals surface area (Å²) in [5.74, 6) is 0.763. The lowest BCUT2D eigenvalue weighted by molar-refractivity contribution is -0.135. The van der Waals surface area contributed by atoms with Crippen molar-refractivity contribution in [3.8, 4) is 0 Å². The van der Waals surface area contributed by atoms with E-state index in [0.717, 1.165) is 19.5 Å². The Bertz CT molecular complexity index is 428. The number of halogens is 1. The molecule has 1 saturated heterocycles. The zero-order valence-electron chi connectivity index (χ0n) is 12.5. The van der Waals surface area contributed by atoms with Crippen molar-refractivity contribution in [2.45, 2.75) is 19.3 Å². The van der Waals surface area contributed by atoms with Gasteiger partial charge in [-0.15, -0.1) is 12.4 Å². The Morgan fingerprint density at radius 3 is 2.67 bits per heavy atom. The minimum Gasteiger partial charge on any atom is -0.372 e. The first-order valence-electron chi connectivity index (χ1n) is 7.36. The maximum Gasteiger partial charge on any atom is 0.248 e. The van der Waals surface area contributed by atoms with E-state index in [9.17, 15) is 4.79 Å². The van der Waals surface area contributed by atoms with Crippen LogP contribution >= 0.6 is 12.4 Å². The maximum absolute atomic E-state index is 12.1. The molecule has 5 heteroatoms. The number of nitrogens with two attached hydrogens (primary N) is 1. The molecule has 118 valence electrons. The van der Waals surface area contributed by atoms with Crippen molar-refractivity contribution in [1.82, 2.24) is 4.90 Å². The number of nitrogens with zero attached hydrogens (tertiary/aromatic N) is 1. The van der Waals surface area contributed by atoms with Gasteiger partial charge in [0.05, 0.1) is 0 Å². The normalized spacial score (nSPS) is 21.1. The van der Waals surface area contributed by atoms with Gasteiger partial charge in [0.25, 0.3) is 0 Å². The third kappa shape index (κ3) is 4.70. The second kappa shape index (κ2) is 9.03. The second-order valence-corrected chi connectivity index (χ2v) is 5.36. The highest BCUT2D eigenvalue weighted by atomic mass is 35.5. The molecule has 21 heavy (non-hydrogen) atoms. The number of benzene rings is 1. The van der Waals surface area contributed by atoms with Crippen LogP contribution in [0.3, 0.4) is 0 Å². The summed E-state index contributed by atoms with van der Waals surface area (Å²) in [5, 5.41) is 0. The molecule has 1 aromatic rings. The minimum absolute atomic E-state index is 0. The number of rotatable bonds is 6. The predicted molar refractivity (Wildman–Crippen MR) is 86.7 cm³/mol. The topological polar surface area (TPSA) is 55.6 Å². The average Bonchev–Trinajstić information content (AvgIpc) is 2.92. The van der Waals surface area contributed by atoms with Gasteiger partial charge in [-0.25, -0.2) is 0 Å². The van der Waals surface area contributed by atoms with Crippen molar-refractivity contribution in [2.75, 3.05) is 32.8 Å². The molecule has 0 saturated carbocycles. The Morgan fingerprint density at radius 2 is 2.05 bits per heavy atom. The lowest BCUT2D eigenvalue weighted by Gasteiger charge is -2.16. The lowest BCUT2D eigenvalue weighted by Crippen LogP contribution is -2.33. The largest absolute Gasteiger partial charge is 0.372 e. The van der Waals surface area contributed by atoms with E-state index in [1.54, 1.807) is 0 Å². The van der Waals surface area contributed by atoms with E-state index in [1.807, 2.05) is 30.0 Å². The molecule has 0 aromatic heterocycles. The van der Waals surface area contributed by atoms with Gasteiger partial charge in [0.1, 0.15) is 6.61 Å². The standard InChI is InChI=1S/C16H24N2O2.ClH/c1-2-8-20-12-16(19)18-10-14(9-17)15(11-18)13-6-4-3-5-7-13;/h3-7,14-15H,2,8-12,17H2,1H3;1H/t14-,15+;/m1./s1. The van der Waals surface area contributed by atoms with Gasteiger partial charge in [-0.05, 0) is 24.4 Å². The van der Waals surface area contributed by atoms with Crippen molar-refractivity contribution < 1.29 is 9.53 Å². The fourth-order valence-corrected chi connectivity index (χ4v) is 2.79. The zero-order valence-corrected chi connectivity index (χ0v) is 13.3. The smallest absolute Gasteiger partial charge is 0.248 e. The van der Waals surface area contributed by atoms with Crippen LogP contribution in [0.25, 0.3) is 0 Å². The molecule has 0 radical (unpaired) electrons. The molecule has 0 aliphatic carbocycles. The molecule has 0 unspecified atom stereocenters. The van der Waals surface area contributed by atoms with Crippen LogP contribution in [0, 0.1) is 5.92 Å². The fourth-order valence-electron chi connectivity index (χ4n) is 2.79. The highest BCUT2D eigenvalue weighted by Crippen LogP contribution is 2.31. The number of hydrogen-bond donors (Lipinski definition) is 1. The number of hydrogen-bond acceptors (Lipinski definition) is 3. The van der Waals surface area contributed by atoms with E-state index in [0.29, 0.717) is 25.0 Å². The molecular formula is C16H25ClN2O2. The lowest BCUT2D eigenvalue weighted by atomic mass is 9.89. The molecule has 1 aliphatic heterocycles. The molecule has 1 amide bonds. The number of likely N-dealkylation sites (tertiary alicyclic amines) is 1. The van der Waals surface area contributed by atoms with E-state index < -0.39 is 0 Å². The Balaban J connectivity index is 0.00000220. The Labute approximate surface area is 133 Å². The summed E-state index contributed by atoms with van der Waals surface area (Å²) in [6.07, 6.45) is 0.936. The van der Waals surface area contributed by atoms with Gasteiger partial charge in [0, 0.05) is 25.6 Å². The van der Waals surface area contributed by atoms with Crippen LogP contribution in [0.2, 0.25) is 0 Å². The van der Waals surface area contributed by atoms with E-state index in [1.165, 1.54) is 5.56 Å². The molecule has 2 rings (SSSR count). The molecule has 1 aromatic carbocycles. The van der Waals surface area contributed by atoms with Gasteiger partial charge in [-0.1, -0.05) is 37.3 Å². The molecule has 1 fully saturated rings. The Morgan fingerprint density at radius 1 is 1.33 bits per heavy atom. The van der Waals surface area contributed by atoms with Crippen LogP contribution in [0.1, 0.15) is 24.8 Å². The van der Waals surface area contributed by atoms with Gasteiger partial charge in [-0.3, -0.25) is 4.79 Å². The Kier molecular flexibility index (Phi) is 7.72. The minimum atomic E-state index is 0. The first kappa shape index (κ1) is 18.0. The summed E-state index contributed by atoms with van der Waals surface area (Å²) in [5.41, 5.74) is 7.15. The molecule has 2 atom stereocenters. The van der Waals surface area contributed by atoms with Gasteiger partial charge in [0.2, 0.25) is 5.91 Å². The van der Waals surface area contributed by atoms with Gasteiger partial charge >= 0.3 is 0 Å². The highest BCUT2D eigenvalue weighted by molar-refractivity contribution is 5.85. The number of carbonyl (C=O) groups is 1. The molecule has 4 nitrogen and oxygen atoms in total. The second-order valence-electron chi connectivity index (χ2n) is 5.36. The van der Waals surface area contributed by atoms with Gasteiger partial charge < -0.3 is 15.4 Å². The van der Waals surface area contributed by atoms with Crippen molar-refractivity contribution in [2.24, 2.45) is 11.7 Å². The first-order valence-corrected chi connectivity index (χ1v) is 7.36. The molecule has 1 aliphatic rings. The third-order valence-corrected chi connectivity index (χ3v) is 3.90. The van der Waals surface area contributed by atoms with Gasteiger partial charge in [-0.2, -0.15) is 0 Å². The van der Waals surface area contributed by atoms with Crippen LogP contribution < -0.4 is 5.73 Å². The maximum atomic E-state index is 12.1. The molecule has 1 heterocycles. The van der Waals surface area contributed by atoms with Crippen LogP contribution in [0.15, 0.2) is 30.3 Å². The number of ether oxygens (including phenoxy) is 1. The first-order chi connectivity index (χ1) is 9.76. The molecule has 2 N–H and O–H groups in total. The quantitative estimate of drug-likeness (QED) is 0.818. The summed E-state index contributed by atoms with van der Waals surface area (Å²) >= 11 is 0. The van der Waals surface area contributed by atoms with Crippen LogP contribution in [-0.4, -0.2) is 43.7 Å². The van der Waals surface area contributed by atoms with Crippen molar-refractivity contribution >= 4 is 18.3 Å². The SMILES string of the molecule is CCCOCC(=O)N1C[C@@H](CN)[C@H](c2ccccc2)C1.Cl. The highest BCUT2D eigenvalue weighted by Gasteiger charge is 2.34. The van der Waals surface area contributed by atoms with E-state index in [2.05, 4.69) is 12.1 Å². The predicted octanol–water partition coefficient (Wildman–Crippen LogP) is 2.04. The monoisotopic (exact) mass is 312 g/mol. The summed E-state index contributed by atoms with van der Waals surface area (Å²) in [7, 11) is 0. The average molecular weight is 313 g/mol. The molecule has 0 spiro atoms. The summed E-state index contributed by atoms with van der Waals surface area (Å²) < 4.78 is 5.34. The van der Waals surface area contributed by atoms with Crippen molar-refractivity contribution in [3.05, 3.63) is 35.9 Å². The zero-order chi connectivity index (χ0) is 14.4. The summed E-state index contributed by atoms with van der Waals surface area (Å²) in [6.45, 7) is 4.97. The van der Waals surface area contributed by atoms with Crippen LogP contribution in [0.4, 0.5) is 0 Å². The van der Waals surface area contributed by atoms with Gasteiger partial charge in [0.15, 0.2) is 0 Å². The van der Waals surface area contributed by atoms with Crippen molar-refractivity contribution in [1.29, 1.82) is 0 Å². The molecular weight excluding hydrogens is 288 g/mol. The number of amides is 1. The Hall–Kier alpha value is -1.10. The van der Waals surface area contributed by atoms with E-state index in [4.69, 9.17) is 10.5 Å². The summed E-state index contributed by atoms with van der Waals surface area (Å²) in [4.78, 5) is 14.0. The molecule has 0 bridgehead atoms. The van der Waals surface area contributed by atoms with Crippen LogP contribution in [0.5, 0.6) is 0 Å². The van der Waals surface area contributed by atoms with E-state index >= 15 is 0 Å². The number of carbonyl (C=O) groups excluding carboxylic acids is 1. The van der Waals surface area contributed by atoms with Crippen molar-refractivity contribution in [3.63, 3.8) is 0 Å². The summed E-state index contributed by atoms with van der Waals surface area (Å²) in [6, 6.07) is 10.3.